The number of nitrogens with zero attached hydrogens (tertiary/aromatic N) is 2. The summed E-state index contributed by atoms with van der Waals surface area (Å²) in [5.41, 5.74) is 1.20. The topological polar surface area (TPSA) is 73.8 Å². The summed E-state index contributed by atoms with van der Waals surface area (Å²) >= 11 is 0. The van der Waals surface area contributed by atoms with E-state index in [2.05, 4.69) is 34.5 Å². The Labute approximate surface area is 180 Å². The first-order valence-electron chi connectivity index (χ1n) is 8.83. The molecule has 156 valence electrons. The van der Waals surface area contributed by atoms with Gasteiger partial charge in [0.15, 0.2) is 15.8 Å². The summed E-state index contributed by atoms with van der Waals surface area (Å²) in [6, 6.07) is 4.16. The van der Waals surface area contributed by atoms with Crippen LogP contribution in [0.1, 0.15) is 30.9 Å². The minimum Gasteiger partial charge on any atom is -0.355 e. The van der Waals surface area contributed by atoms with Crippen molar-refractivity contribution in [1.82, 2.24) is 15.5 Å². The van der Waals surface area contributed by atoms with E-state index >= 15 is 0 Å². The molecule has 0 aliphatic carbocycles. The van der Waals surface area contributed by atoms with Crippen LogP contribution in [-0.4, -0.2) is 59.3 Å². The number of rotatable bonds is 10. The molecule has 0 aromatic heterocycles. The number of benzene rings is 1. The number of sulfone groups is 1. The quantitative estimate of drug-likeness (QED) is 0.285. The van der Waals surface area contributed by atoms with Crippen LogP contribution in [0.2, 0.25) is 0 Å². The molecule has 0 saturated heterocycles. The van der Waals surface area contributed by atoms with E-state index in [4.69, 9.17) is 0 Å². The zero-order chi connectivity index (χ0) is 19.6. The number of nitrogens with one attached hydrogen (secondary N) is 2. The molecule has 0 fully saturated rings. The maximum atomic E-state index is 13.6. The summed E-state index contributed by atoms with van der Waals surface area (Å²) < 4.78 is 36.7. The lowest BCUT2D eigenvalue weighted by molar-refractivity contribution is 0.332. The van der Waals surface area contributed by atoms with E-state index in [1.807, 2.05) is 0 Å². The Hall–Kier alpha value is -0.940. The third kappa shape index (κ3) is 11.5. The molecule has 0 heterocycles. The Morgan fingerprint density at radius 2 is 1.93 bits per heavy atom. The van der Waals surface area contributed by atoms with Crippen molar-refractivity contribution in [1.29, 1.82) is 0 Å². The second-order valence-electron chi connectivity index (χ2n) is 6.49. The normalized spacial score (nSPS) is 12.0. The first kappa shape index (κ1) is 26.1. The molecule has 27 heavy (non-hydrogen) atoms. The van der Waals surface area contributed by atoms with Gasteiger partial charge in [-0.1, -0.05) is 19.4 Å². The predicted molar refractivity (Wildman–Crippen MR) is 121 cm³/mol. The highest BCUT2D eigenvalue weighted by molar-refractivity contribution is 14.0. The molecule has 0 aliphatic rings. The highest BCUT2D eigenvalue weighted by Crippen LogP contribution is 2.14. The first-order valence-corrected chi connectivity index (χ1v) is 10.9. The van der Waals surface area contributed by atoms with Crippen molar-refractivity contribution < 1.29 is 12.8 Å². The summed E-state index contributed by atoms with van der Waals surface area (Å²) in [5.74, 6) is 0.0986. The molecule has 0 bridgehead atoms. The third-order valence-corrected chi connectivity index (χ3v) is 4.77. The minimum absolute atomic E-state index is 0. The highest BCUT2D eigenvalue weighted by Gasteiger charge is 2.11. The maximum absolute atomic E-state index is 13.6. The van der Waals surface area contributed by atoms with Gasteiger partial charge >= 0.3 is 0 Å². The van der Waals surface area contributed by atoms with Gasteiger partial charge in [-0.3, -0.25) is 4.99 Å². The van der Waals surface area contributed by atoms with Crippen molar-refractivity contribution in [3.63, 3.8) is 0 Å². The average Bonchev–Trinajstić information content (AvgIpc) is 2.57. The number of aliphatic imine (C=N–C) groups is 1. The van der Waals surface area contributed by atoms with Crippen LogP contribution < -0.4 is 10.6 Å². The molecule has 1 rings (SSSR count). The number of hydrogen-bond donors (Lipinski definition) is 2. The highest BCUT2D eigenvalue weighted by atomic mass is 127. The van der Waals surface area contributed by atoms with Crippen molar-refractivity contribution in [3.05, 3.63) is 35.1 Å². The van der Waals surface area contributed by atoms with E-state index in [0.717, 1.165) is 19.6 Å². The fraction of sp³-hybridized carbons (Fsp3) is 0.611. The van der Waals surface area contributed by atoms with Crippen LogP contribution >= 0.6 is 24.0 Å². The van der Waals surface area contributed by atoms with Crippen molar-refractivity contribution in [2.75, 3.05) is 40.0 Å². The van der Waals surface area contributed by atoms with E-state index in [9.17, 15) is 12.8 Å². The van der Waals surface area contributed by atoms with Crippen LogP contribution in [0.5, 0.6) is 0 Å². The zero-order valence-electron chi connectivity index (χ0n) is 16.6. The number of hydrogen-bond acceptors (Lipinski definition) is 4. The number of guanidine groups is 1. The van der Waals surface area contributed by atoms with E-state index < -0.39 is 9.84 Å². The summed E-state index contributed by atoms with van der Waals surface area (Å²) in [5, 5.41) is 6.33. The molecule has 0 saturated carbocycles. The number of likely N-dealkylation sites (N-methyl/N-ethyl adjacent to an activating group) is 1. The van der Waals surface area contributed by atoms with Crippen molar-refractivity contribution in [2.45, 2.75) is 32.1 Å². The molecular formula is C18H32FIN4O2S. The van der Waals surface area contributed by atoms with Crippen LogP contribution in [0.3, 0.4) is 0 Å². The Bertz CT molecular complexity index is 699. The van der Waals surface area contributed by atoms with Gasteiger partial charge in [0, 0.05) is 32.9 Å². The van der Waals surface area contributed by atoms with Gasteiger partial charge in [-0.25, -0.2) is 12.8 Å². The molecule has 0 amide bonds. The molecule has 0 unspecified atom stereocenters. The van der Waals surface area contributed by atoms with Crippen LogP contribution in [0.25, 0.3) is 0 Å². The second kappa shape index (κ2) is 13.3. The Morgan fingerprint density at radius 3 is 2.52 bits per heavy atom. The summed E-state index contributed by atoms with van der Waals surface area (Å²) in [4.78, 5) is 6.40. The third-order valence-electron chi connectivity index (χ3n) is 3.94. The Kier molecular flexibility index (Phi) is 12.8. The molecule has 0 atom stereocenters. The Morgan fingerprint density at radius 1 is 1.22 bits per heavy atom. The van der Waals surface area contributed by atoms with Gasteiger partial charge in [-0.05, 0) is 43.3 Å². The first-order chi connectivity index (χ1) is 12.2. The van der Waals surface area contributed by atoms with Gasteiger partial charge in [0.25, 0.3) is 0 Å². The van der Waals surface area contributed by atoms with Gasteiger partial charge in [0.1, 0.15) is 5.82 Å². The molecule has 0 spiro atoms. The minimum atomic E-state index is -3.19. The van der Waals surface area contributed by atoms with Crippen LogP contribution in [0, 0.1) is 5.82 Å². The maximum Gasteiger partial charge on any atom is 0.191 e. The SMILES string of the molecule is CCCCN(C)CCNC(=NC)NCc1cc(F)ccc1CS(C)(=O)=O.I. The van der Waals surface area contributed by atoms with E-state index in [0.29, 0.717) is 23.6 Å². The fourth-order valence-corrected chi connectivity index (χ4v) is 3.33. The summed E-state index contributed by atoms with van der Waals surface area (Å²) in [6.45, 7) is 5.15. The lowest BCUT2D eigenvalue weighted by Gasteiger charge is -2.18. The lowest BCUT2D eigenvalue weighted by Crippen LogP contribution is -2.40. The van der Waals surface area contributed by atoms with Gasteiger partial charge in [-0.15, -0.1) is 24.0 Å². The van der Waals surface area contributed by atoms with E-state index in [1.54, 1.807) is 7.05 Å². The number of unbranched alkanes of at least 4 members (excludes halogenated alkanes) is 1. The van der Waals surface area contributed by atoms with Crippen molar-refractivity contribution in [3.8, 4) is 0 Å². The molecule has 2 N–H and O–H groups in total. The van der Waals surface area contributed by atoms with Crippen LogP contribution in [-0.2, 0) is 22.1 Å². The Balaban J connectivity index is 0.00000676. The van der Waals surface area contributed by atoms with E-state index in [1.165, 1.54) is 37.3 Å². The zero-order valence-corrected chi connectivity index (χ0v) is 19.7. The predicted octanol–water partition coefficient (Wildman–Crippen LogP) is 2.39. The van der Waals surface area contributed by atoms with Gasteiger partial charge in [0.05, 0.1) is 5.75 Å². The smallest absolute Gasteiger partial charge is 0.191 e. The van der Waals surface area contributed by atoms with E-state index in [-0.39, 0.29) is 35.5 Å². The summed E-state index contributed by atoms with van der Waals surface area (Å²) in [6.07, 6.45) is 3.51. The molecular weight excluding hydrogens is 482 g/mol. The molecule has 0 aliphatic heterocycles. The van der Waals surface area contributed by atoms with Crippen LogP contribution in [0.4, 0.5) is 4.39 Å². The standard InChI is InChI=1S/C18H31FN4O2S.HI/c1-5-6-10-23(3)11-9-21-18(20-2)22-13-16-12-17(19)8-7-15(16)14-26(4,24)25;/h7-8,12H,5-6,9-11,13-14H2,1-4H3,(H2,20,21,22);1H. The van der Waals surface area contributed by atoms with Crippen molar-refractivity contribution in [2.24, 2.45) is 4.99 Å². The van der Waals surface area contributed by atoms with Crippen molar-refractivity contribution >= 4 is 39.8 Å². The molecule has 9 heteroatoms. The van der Waals surface area contributed by atoms with Crippen LogP contribution in [0.15, 0.2) is 23.2 Å². The average molecular weight is 514 g/mol. The van der Waals surface area contributed by atoms with Gasteiger partial charge in [-0.2, -0.15) is 0 Å². The van der Waals surface area contributed by atoms with Gasteiger partial charge in [0.2, 0.25) is 0 Å². The second-order valence-corrected chi connectivity index (χ2v) is 8.63. The molecule has 1 aromatic rings. The van der Waals surface area contributed by atoms with Gasteiger partial charge < -0.3 is 15.5 Å². The number of halogens is 2. The molecule has 0 radical (unpaired) electrons. The lowest BCUT2D eigenvalue weighted by atomic mass is 10.1. The largest absolute Gasteiger partial charge is 0.355 e. The fourth-order valence-electron chi connectivity index (χ4n) is 2.49. The molecule has 6 nitrogen and oxygen atoms in total. The monoisotopic (exact) mass is 514 g/mol. The summed E-state index contributed by atoms with van der Waals surface area (Å²) in [7, 11) is 0.557. The molecule has 1 aromatic carbocycles.